The number of nitriles is 1. The average molecular weight is 346 g/mol. The molecule has 0 N–H and O–H groups in total. The first kappa shape index (κ1) is 17.4. The third-order valence-electron chi connectivity index (χ3n) is 4.28. The second-order valence-electron chi connectivity index (χ2n) is 5.75. The fraction of sp³-hybridized carbons (Fsp3) is 0.190. The van der Waals surface area contributed by atoms with Crippen LogP contribution in [0.2, 0.25) is 0 Å². The zero-order valence-corrected chi connectivity index (χ0v) is 14.7. The Balaban J connectivity index is 2.23. The Labute approximate surface area is 151 Å². The summed E-state index contributed by atoms with van der Waals surface area (Å²) in [5, 5.41) is 9.54. The van der Waals surface area contributed by atoms with E-state index >= 15 is 0 Å². The van der Waals surface area contributed by atoms with Crippen LogP contribution < -0.4 is 0 Å². The smallest absolute Gasteiger partial charge is 0.340 e. The monoisotopic (exact) mass is 346 g/mol. The molecule has 0 aliphatic heterocycles. The van der Waals surface area contributed by atoms with Crippen LogP contribution in [-0.2, 0) is 11.2 Å². The predicted octanol–water partition coefficient (Wildman–Crippen LogP) is 3.78. The van der Waals surface area contributed by atoms with Crippen molar-refractivity contribution in [1.82, 2.24) is 4.40 Å². The maximum absolute atomic E-state index is 12.7. The quantitative estimate of drug-likeness (QED) is 0.521. The maximum Gasteiger partial charge on any atom is 0.340 e. The largest absolute Gasteiger partial charge is 0.462 e. The Bertz CT molecular complexity index is 1030. The van der Waals surface area contributed by atoms with E-state index in [1.54, 1.807) is 53.9 Å². The molecule has 26 heavy (non-hydrogen) atoms. The third-order valence-corrected chi connectivity index (χ3v) is 4.28. The van der Waals surface area contributed by atoms with E-state index in [2.05, 4.69) is 6.07 Å². The van der Waals surface area contributed by atoms with Crippen LogP contribution in [0.1, 0.15) is 51.4 Å². The van der Waals surface area contributed by atoms with Crippen LogP contribution in [0.4, 0.5) is 0 Å². The minimum atomic E-state index is -0.479. The van der Waals surface area contributed by atoms with Gasteiger partial charge in [0.25, 0.3) is 0 Å². The second kappa shape index (κ2) is 7.24. The van der Waals surface area contributed by atoms with Crippen LogP contribution in [0, 0.1) is 11.3 Å². The zero-order valence-electron chi connectivity index (χ0n) is 14.7. The lowest BCUT2D eigenvalue weighted by Crippen LogP contribution is -2.07. The number of carbonyl (C=O) groups is 2. The summed E-state index contributed by atoms with van der Waals surface area (Å²) in [4.78, 5) is 25.2. The first-order chi connectivity index (χ1) is 12.6. The molecule has 1 aromatic carbocycles. The fourth-order valence-electron chi connectivity index (χ4n) is 3.10. The van der Waals surface area contributed by atoms with Gasteiger partial charge in [-0.15, -0.1) is 0 Å². The van der Waals surface area contributed by atoms with Gasteiger partial charge in [0.05, 0.1) is 17.7 Å². The number of carbonyl (C=O) groups excluding carboxylic acids is 2. The van der Waals surface area contributed by atoms with Gasteiger partial charge >= 0.3 is 5.97 Å². The Morgan fingerprint density at radius 2 is 1.85 bits per heavy atom. The van der Waals surface area contributed by atoms with E-state index in [4.69, 9.17) is 4.74 Å². The lowest BCUT2D eigenvalue weighted by molar-refractivity contribution is 0.0527. The molecule has 5 heteroatoms. The van der Waals surface area contributed by atoms with Crippen molar-refractivity contribution >= 4 is 17.3 Å². The van der Waals surface area contributed by atoms with Crippen molar-refractivity contribution < 1.29 is 14.3 Å². The molecular weight excluding hydrogens is 328 g/mol. The number of nitrogens with zero attached hydrogens (tertiary/aromatic N) is 2. The van der Waals surface area contributed by atoms with Gasteiger partial charge in [-0.2, -0.15) is 5.26 Å². The van der Waals surface area contributed by atoms with Gasteiger partial charge in [0.2, 0.25) is 0 Å². The van der Waals surface area contributed by atoms with E-state index < -0.39 is 5.97 Å². The summed E-state index contributed by atoms with van der Waals surface area (Å²) < 4.78 is 6.82. The van der Waals surface area contributed by atoms with Crippen LogP contribution in [0.25, 0.3) is 5.52 Å². The summed E-state index contributed by atoms with van der Waals surface area (Å²) >= 11 is 0. The molecule has 3 aromatic rings. The number of hydrogen-bond acceptors (Lipinski definition) is 4. The van der Waals surface area contributed by atoms with Gasteiger partial charge in [-0.3, -0.25) is 4.79 Å². The van der Waals surface area contributed by atoms with E-state index in [0.717, 1.165) is 0 Å². The molecule has 0 saturated carbocycles. The summed E-state index contributed by atoms with van der Waals surface area (Å²) in [5.74, 6) is -0.617. The van der Waals surface area contributed by atoms with Crippen molar-refractivity contribution in [2.45, 2.75) is 20.3 Å². The molecule has 0 saturated heterocycles. The number of esters is 1. The lowest BCUT2D eigenvalue weighted by atomic mass is 10.0. The highest BCUT2D eigenvalue weighted by Gasteiger charge is 2.24. The molecule has 0 spiro atoms. The zero-order chi connectivity index (χ0) is 18.7. The maximum atomic E-state index is 12.7. The number of aromatic nitrogens is 1. The molecule has 0 radical (unpaired) electrons. The van der Waals surface area contributed by atoms with Crippen LogP contribution in [0.15, 0.2) is 48.7 Å². The molecular formula is C21H18N2O3. The van der Waals surface area contributed by atoms with Crippen molar-refractivity contribution in [3.8, 4) is 6.07 Å². The molecule has 3 rings (SSSR count). The number of pyridine rings is 1. The highest BCUT2D eigenvalue weighted by molar-refractivity contribution is 6.10. The highest BCUT2D eigenvalue weighted by atomic mass is 16.5. The van der Waals surface area contributed by atoms with Crippen molar-refractivity contribution in [2.75, 3.05) is 6.61 Å². The van der Waals surface area contributed by atoms with Gasteiger partial charge in [-0.25, -0.2) is 4.79 Å². The minimum absolute atomic E-state index is 0.138. The molecule has 0 bridgehead atoms. The summed E-state index contributed by atoms with van der Waals surface area (Å²) in [6.07, 6.45) is 2.17. The van der Waals surface area contributed by atoms with E-state index in [-0.39, 0.29) is 12.4 Å². The Kier molecular flexibility index (Phi) is 4.85. The number of hydrogen-bond donors (Lipinski definition) is 0. The highest BCUT2D eigenvalue weighted by Crippen LogP contribution is 2.26. The Hall–Kier alpha value is -3.39. The first-order valence-corrected chi connectivity index (χ1v) is 8.46. The number of rotatable bonds is 5. The van der Waals surface area contributed by atoms with E-state index in [1.165, 1.54) is 0 Å². The lowest BCUT2D eigenvalue weighted by Gasteiger charge is -2.05. The van der Waals surface area contributed by atoms with Crippen molar-refractivity contribution in [1.29, 1.82) is 5.26 Å². The van der Waals surface area contributed by atoms with Crippen LogP contribution in [0.5, 0.6) is 0 Å². The SMILES string of the molecule is CCOC(=O)c1c(CC)c(C#N)n2ccc(C(=O)c3ccccc3)cc12. The summed E-state index contributed by atoms with van der Waals surface area (Å²) in [6.45, 7) is 3.86. The summed E-state index contributed by atoms with van der Waals surface area (Å²) in [5.41, 5.74) is 2.92. The molecule has 0 fully saturated rings. The van der Waals surface area contributed by atoms with Crippen molar-refractivity contribution in [3.05, 3.63) is 76.6 Å². The van der Waals surface area contributed by atoms with Gasteiger partial charge in [0, 0.05) is 22.9 Å². The Morgan fingerprint density at radius 3 is 2.46 bits per heavy atom. The number of ether oxygens (including phenoxy) is 1. The van der Waals surface area contributed by atoms with Gasteiger partial charge in [-0.1, -0.05) is 37.3 Å². The molecule has 0 atom stereocenters. The molecule has 0 unspecified atom stereocenters. The molecule has 0 aliphatic rings. The van der Waals surface area contributed by atoms with E-state index in [0.29, 0.717) is 39.9 Å². The topological polar surface area (TPSA) is 71.6 Å². The Morgan fingerprint density at radius 1 is 1.12 bits per heavy atom. The molecule has 2 aromatic heterocycles. The van der Waals surface area contributed by atoms with Gasteiger partial charge in [0.1, 0.15) is 11.8 Å². The summed E-state index contributed by atoms with van der Waals surface area (Å²) in [6, 6.07) is 14.4. The number of benzene rings is 1. The third kappa shape index (κ3) is 2.86. The van der Waals surface area contributed by atoms with E-state index in [9.17, 15) is 14.9 Å². The van der Waals surface area contributed by atoms with Crippen molar-refractivity contribution in [2.24, 2.45) is 0 Å². The number of ketones is 1. The first-order valence-electron chi connectivity index (χ1n) is 8.46. The minimum Gasteiger partial charge on any atom is -0.462 e. The molecule has 130 valence electrons. The molecule has 2 heterocycles. The van der Waals surface area contributed by atoms with Gasteiger partial charge < -0.3 is 9.14 Å². The van der Waals surface area contributed by atoms with E-state index in [1.807, 2.05) is 13.0 Å². The van der Waals surface area contributed by atoms with Crippen LogP contribution in [-0.4, -0.2) is 22.8 Å². The van der Waals surface area contributed by atoms with Crippen LogP contribution >= 0.6 is 0 Å². The molecule has 0 aliphatic carbocycles. The normalized spacial score (nSPS) is 10.5. The summed E-state index contributed by atoms with van der Waals surface area (Å²) in [7, 11) is 0. The number of fused-ring (bicyclic) bond motifs is 1. The standard InChI is InChI=1S/C21H18N2O3/c1-3-16-18(13-22)23-11-10-15(20(24)14-8-6-5-7-9-14)12-17(23)19(16)21(25)26-4-2/h5-12H,3-4H2,1-2H3. The second-order valence-corrected chi connectivity index (χ2v) is 5.75. The average Bonchev–Trinajstić information content (AvgIpc) is 3.00. The molecule has 5 nitrogen and oxygen atoms in total. The van der Waals surface area contributed by atoms with Crippen molar-refractivity contribution in [3.63, 3.8) is 0 Å². The fourth-order valence-corrected chi connectivity index (χ4v) is 3.10. The molecule has 0 amide bonds. The predicted molar refractivity (Wildman–Crippen MR) is 97.3 cm³/mol. The van der Waals surface area contributed by atoms with Gasteiger partial charge in [-0.05, 0) is 25.5 Å². The van der Waals surface area contributed by atoms with Gasteiger partial charge in [0.15, 0.2) is 5.78 Å². The van der Waals surface area contributed by atoms with Crippen LogP contribution in [0.3, 0.4) is 0 Å².